The van der Waals surface area contributed by atoms with Gasteiger partial charge in [0.2, 0.25) is 5.76 Å². The van der Waals surface area contributed by atoms with Crippen molar-refractivity contribution in [2.75, 3.05) is 27.3 Å². The molecule has 3 aromatic rings. The Morgan fingerprint density at radius 1 is 1.09 bits per heavy atom. The predicted molar refractivity (Wildman–Crippen MR) is 121 cm³/mol. The maximum Gasteiger partial charge on any atom is 0.290 e. The quantitative estimate of drug-likeness (QED) is 0.576. The van der Waals surface area contributed by atoms with Gasteiger partial charge in [-0.05, 0) is 54.8 Å². The van der Waals surface area contributed by atoms with Crippen molar-refractivity contribution in [3.8, 4) is 11.5 Å². The Bertz CT molecular complexity index is 1050. The first kappa shape index (κ1) is 21.9. The molecule has 4 rings (SSSR count). The van der Waals surface area contributed by atoms with Gasteiger partial charge in [0.15, 0.2) is 0 Å². The second-order valence-electron chi connectivity index (χ2n) is 8.08. The van der Waals surface area contributed by atoms with Crippen LogP contribution in [0.4, 0.5) is 0 Å². The highest BCUT2D eigenvalue weighted by atomic mass is 16.5. The maximum absolute atomic E-state index is 12.5. The van der Waals surface area contributed by atoms with E-state index in [2.05, 4.69) is 27.5 Å². The van der Waals surface area contributed by atoms with Crippen molar-refractivity contribution in [1.82, 2.24) is 15.4 Å². The molecule has 1 atom stereocenters. The fourth-order valence-electron chi connectivity index (χ4n) is 4.11. The number of piperidine rings is 1. The summed E-state index contributed by atoms with van der Waals surface area (Å²) in [6.07, 6.45) is 2.12. The molecule has 168 valence electrons. The Morgan fingerprint density at radius 2 is 1.81 bits per heavy atom. The Morgan fingerprint density at radius 3 is 2.56 bits per heavy atom. The lowest BCUT2D eigenvalue weighted by atomic mass is 9.94. The zero-order valence-corrected chi connectivity index (χ0v) is 18.5. The van der Waals surface area contributed by atoms with Crippen molar-refractivity contribution in [2.24, 2.45) is 0 Å². The standard InChI is InChI=1S/C25H29N3O4/c1-30-21-9-3-6-18(12-21)15-26-25(29)24-14-23(27-32-24)20-8-5-11-28(17-20)16-19-7-4-10-22(13-19)31-2/h3-4,6-7,9-10,12-14,20H,5,8,11,15-17H2,1-2H3,(H,26,29). The number of nitrogens with zero attached hydrogens (tertiary/aromatic N) is 2. The molecule has 0 bridgehead atoms. The first-order valence-electron chi connectivity index (χ1n) is 10.9. The molecule has 1 amide bonds. The topological polar surface area (TPSA) is 76.8 Å². The monoisotopic (exact) mass is 435 g/mol. The number of hydrogen-bond acceptors (Lipinski definition) is 6. The molecule has 1 saturated heterocycles. The van der Waals surface area contributed by atoms with Gasteiger partial charge < -0.3 is 19.3 Å². The SMILES string of the molecule is COc1cccc(CNC(=O)c2cc(C3CCCN(Cc4cccc(OC)c4)C3)no2)c1. The van der Waals surface area contributed by atoms with Crippen LogP contribution in [0.3, 0.4) is 0 Å². The summed E-state index contributed by atoms with van der Waals surface area (Å²) in [5.74, 6) is 1.85. The molecule has 0 spiro atoms. The summed E-state index contributed by atoms with van der Waals surface area (Å²) in [5.41, 5.74) is 3.02. The maximum atomic E-state index is 12.5. The van der Waals surface area contributed by atoms with E-state index in [-0.39, 0.29) is 17.6 Å². The summed E-state index contributed by atoms with van der Waals surface area (Å²) in [6.45, 7) is 3.18. The van der Waals surface area contributed by atoms with Crippen LogP contribution >= 0.6 is 0 Å². The Hall–Kier alpha value is -3.32. The predicted octanol–water partition coefficient (Wildman–Crippen LogP) is 4.00. The molecule has 1 aliphatic heterocycles. The summed E-state index contributed by atoms with van der Waals surface area (Å²) < 4.78 is 15.9. The smallest absolute Gasteiger partial charge is 0.290 e. The van der Waals surface area contributed by atoms with Gasteiger partial charge in [0, 0.05) is 31.6 Å². The van der Waals surface area contributed by atoms with E-state index in [0.29, 0.717) is 6.54 Å². The van der Waals surface area contributed by atoms with Gasteiger partial charge in [-0.25, -0.2) is 0 Å². The van der Waals surface area contributed by atoms with E-state index in [1.807, 2.05) is 36.4 Å². The van der Waals surface area contributed by atoms with Crippen molar-refractivity contribution in [3.05, 3.63) is 77.2 Å². The minimum atomic E-state index is -0.268. The van der Waals surface area contributed by atoms with E-state index in [1.54, 1.807) is 20.3 Å². The summed E-state index contributed by atoms with van der Waals surface area (Å²) in [5, 5.41) is 7.09. The zero-order chi connectivity index (χ0) is 22.3. The lowest BCUT2D eigenvalue weighted by Gasteiger charge is -2.31. The number of carbonyl (C=O) groups excluding carboxylic acids is 1. The second kappa shape index (κ2) is 10.3. The molecule has 32 heavy (non-hydrogen) atoms. The number of hydrogen-bond donors (Lipinski definition) is 1. The minimum Gasteiger partial charge on any atom is -0.497 e. The number of rotatable bonds is 8. The summed E-state index contributed by atoms with van der Waals surface area (Å²) >= 11 is 0. The molecular formula is C25H29N3O4. The second-order valence-corrected chi connectivity index (χ2v) is 8.08. The van der Waals surface area contributed by atoms with E-state index < -0.39 is 0 Å². The van der Waals surface area contributed by atoms with Gasteiger partial charge >= 0.3 is 0 Å². The van der Waals surface area contributed by atoms with Crippen LogP contribution in [0.1, 0.15) is 46.1 Å². The van der Waals surface area contributed by atoms with Crippen molar-refractivity contribution in [3.63, 3.8) is 0 Å². The number of benzene rings is 2. The average molecular weight is 436 g/mol. The van der Waals surface area contributed by atoms with Gasteiger partial charge in [-0.3, -0.25) is 9.69 Å². The molecule has 0 aliphatic carbocycles. The van der Waals surface area contributed by atoms with Crippen LogP contribution in [0.5, 0.6) is 11.5 Å². The van der Waals surface area contributed by atoms with E-state index in [4.69, 9.17) is 14.0 Å². The first-order chi connectivity index (χ1) is 15.6. The number of methoxy groups -OCH3 is 2. The molecule has 7 nitrogen and oxygen atoms in total. The number of amides is 1. The molecule has 7 heteroatoms. The van der Waals surface area contributed by atoms with E-state index in [9.17, 15) is 4.79 Å². The highest BCUT2D eigenvalue weighted by Gasteiger charge is 2.25. The Kier molecular flexibility index (Phi) is 7.07. The van der Waals surface area contributed by atoms with E-state index in [0.717, 1.165) is 55.2 Å². The van der Waals surface area contributed by atoms with Crippen molar-refractivity contribution in [2.45, 2.75) is 31.8 Å². The van der Waals surface area contributed by atoms with Crippen LogP contribution in [0.15, 0.2) is 59.1 Å². The molecular weight excluding hydrogens is 406 g/mol. The van der Waals surface area contributed by atoms with Crippen LogP contribution in [-0.2, 0) is 13.1 Å². The van der Waals surface area contributed by atoms with Crippen molar-refractivity contribution < 1.29 is 18.8 Å². The number of nitrogens with one attached hydrogen (secondary N) is 1. The zero-order valence-electron chi connectivity index (χ0n) is 18.5. The normalized spacial score (nSPS) is 16.5. The minimum absolute atomic E-state index is 0.243. The molecule has 1 N–H and O–H groups in total. The molecule has 0 radical (unpaired) electrons. The number of carbonyl (C=O) groups is 1. The van der Waals surface area contributed by atoms with Gasteiger partial charge in [-0.1, -0.05) is 29.4 Å². The van der Waals surface area contributed by atoms with Gasteiger partial charge in [0.1, 0.15) is 11.5 Å². The third kappa shape index (κ3) is 5.48. The van der Waals surface area contributed by atoms with E-state index >= 15 is 0 Å². The fraction of sp³-hybridized carbons (Fsp3) is 0.360. The van der Waals surface area contributed by atoms with Crippen molar-refractivity contribution >= 4 is 5.91 Å². The van der Waals surface area contributed by atoms with Gasteiger partial charge in [0.25, 0.3) is 5.91 Å². The highest BCUT2D eigenvalue weighted by molar-refractivity contribution is 5.91. The average Bonchev–Trinajstić information content (AvgIpc) is 3.33. The molecule has 1 unspecified atom stereocenters. The van der Waals surface area contributed by atoms with Crippen LogP contribution in [0.2, 0.25) is 0 Å². The molecule has 1 fully saturated rings. The number of ether oxygens (including phenoxy) is 2. The van der Waals surface area contributed by atoms with Gasteiger partial charge in [-0.2, -0.15) is 0 Å². The van der Waals surface area contributed by atoms with Gasteiger partial charge in [0.05, 0.1) is 19.9 Å². The first-order valence-corrected chi connectivity index (χ1v) is 10.9. The van der Waals surface area contributed by atoms with Crippen LogP contribution in [0, 0.1) is 0 Å². The summed E-state index contributed by atoms with van der Waals surface area (Å²) in [4.78, 5) is 15.0. The lowest BCUT2D eigenvalue weighted by molar-refractivity contribution is 0.0913. The van der Waals surface area contributed by atoms with Gasteiger partial charge in [-0.15, -0.1) is 0 Å². The number of likely N-dealkylation sites (tertiary alicyclic amines) is 1. The summed E-state index contributed by atoms with van der Waals surface area (Å²) in [6, 6.07) is 17.5. The lowest BCUT2D eigenvalue weighted by Crippen LogP contribution is -2.34. The van der Waals surface area contributed by atoms with Crippen LogP contribution < -0.4 is 14.8 Å². The largest absolute Gasteiger partial charge is 0.497 e. The summed E-state index contributed by atoms with van der Waals surface area (Å²) in [7, 11) is 3.31. The van der Waals surface area contributed by atoms with E-state index in [1.165, 1.54) is 5.56 Å². The fourth-order valence-corrected chi connectivity index (χ4v) is 4.11. The molecule has 0 saturated carbocycles. The number of aromatic nitrogens is 1. The Labute approximate surface area is 188 Å². The molecule has 1 aromatic heterocycles. The molecule has 2 aromatic carbocycles. The molecule has 2 heterocycles. The third-order valence-electron chi connectivity index (χ3n) is 5.80. The van der Waals surface area contributed by atoms with Crippen LogP contribution in [-0.4, -0.2) is 43.3 Å². The molecule has 1 aliphatic rings. The third-order valence-corrected chi connectivity index (χ3v) is 5.80. The Balaban J connectivity index is 1.34. The highest BCUT2D eigenvalue weighted by Crippen LogP contribution is 2.28. The van der Waals surface area contributed by atoms with Crippen LogP contribution in [0.25, 0.3) is 0 Å². The van der Waals surface area contributed by atoms with Crippen molar-refractivity contribution in [1.29, 1.82) is 0 Å².